The van der Waals surface area contributed by atoms with Crippen LogP contribution in [0.15, 0.2) is 17.1 Å². The van der Waals surface area contributed by atoms with E-state index in [0.717, 1.165) is 38.4 Å². The Kier molecular flexibility index (Phi) is 5.69. The number of aliphatic imine (C=N–C) groups is 1. The Morgan fingerprint density at radius 2 is 2.19 bits per heavy atom. The average molecular weight is 245 g/mol. The molecule has 0 radical (unpaired) electrons. The molecule has 1 aliphatic heterocycles. The summed E-state index contributed by atoms with van der Waals surface area (Å²) in [7, 11) is -3.26. The molecule has 0 spiro atoms. The van der Waals surface area contributed by atoms with E-state index in [1.807, 2.05) is 12.3 Å². The van der Waals surface area contributed by atoms with Gasteiger partial charge in [-0.2, -0.15) is 8.42 Å². The van der Waals surface area contributed by atoms with E-state index in [2.05, 4.69) is 15.3 Å². The van der Waals surface area contributed by atoms with Crippen LogP contribution in [-0.4, -0.2) is 33.5 Å². The fourth-order valence-electron chi connectivity index (χ4n) is 1.59. The van der Waals surface area contributed by atoms with E-state index < -0.39 is 10.1 Å². The molecule has 0 amide bonds. The van der Waals surface area contributed by atoms with Gasteiger partial charge in [0, 0.05) is 6.21 Å². The van der Waals surface area contributed by atoms with E-state index in [4.69, 9.17) is 0 Å². The van der Waals surface area contributed by atoms with Crippen LogP contribution in [0.4, 0.5) is 0 Å². The van der Waals surface area contributed by atoms with Gasteiger partial charge in [0.15, 0.2) is 0 Å². The highest BCUT2D eigenvalue weighted by atomic mass is 32.2. The zero-order valence-corrected chi connectivity index (χ0v) is 10.4. The number of hydrogen-bond donors (Lipinski definition) is 0. The molecule has 92 valence electrons. The van der Waals surface area contributed by atoms with E-state index in [0.29, 0.717) is 12.6 Å². The molecule has 1 atom stereocenters. The van der Waals surface area contributed by atoms with Crippen LogP contribution < -0.4 is 0 Å². The van der Waals surface area contributed by atoms with Gasteiger partial charge in [0.2, 0.25) is 0 Å². The van der Waals surface area contributed by atoms with Crippen LogP contribution in [0, 0.1) is 0 Å². The van der Waals surface area contributed by atoms with Crippen molar-refractivity contribution in [3.05, 3.63) is 12.2 Å². The van der Waals surface area contributed by atoms with Crippen molar-refractivity contribution in [2.45, 2.75) is 38.1 Å². The summed E-state index contributed by atoms with van der Waals surface area (Å²) in [5, 5.41) is 0. The molecule has 0 N–H and O–H groups in total. The summed E-state index contributed by atoms with van der Waals surface area (Å²) in [6.07, 6.45) is 12.0. The molecule has 5 heteroatoms. The molecule has 0 aliphatic carbocycles. The van der Waals surface area contributed by atoms with Crippen LogP contribution in [0.1, 0.15) is 32.1 Å². The van der Waals surface area contributed by atoms with E-state index in [1.165, 1.54) is 0 Å². The molecule has 0 bridgehead atoms. The van der Waals surface area contributed by atoms with Crippen molar-refractivity contribution in [2.24, 2.45) is 4.99 Å². The molecule has 0 aromatic heterocycles. The van der Waals surface area contributed by atoms with Crippen molar-refractivity contribution in [2.75, 3.05) is 12.9 Å². The summed E-state index contributed by atoms with van der Waals surface area (Å²) in [5.74, 6) is 0. The Morgan fingerprint density at radius 1 is 1.38 bits per heavy atom. The number of dihydropyridines is 1. The van der Waals surface area contributed by atoms with Crippen molar-refractivity contribution in [1.82, 2.24) is 0 Å². The maximum atomic E-state index is 10.7. The van der Waals surface area contributed by atoms with E-state index in [1.54, 1.807) is 0 Å². The van der Waals surface area contributed by atoms with Gasteiger partial charge in [0.05, 0.1) is 18.9 Å². The van der Waals surface area contributed by atoms with Gasteiger partial charge in [-0.25, -0.2) is 0 Å². The smallest absolute Gasteiger partial charge is 0.264 e. The topological polar surface area (TPSA) is 55.7 Å². The van der Waals surface area contributed by atoms with Crippen molar-refractivity contribution >= 4 is 16.3 Å². The molecule has 16 heavy (non-hydrogen) atoms. The van der Waals surface area contributed by atoms with Crippen LogP contribution in [0.25, 0.3) is 0 Å². The standard InChI is InChI=1S/C11H19NO3S/c1-16(13,14)15-10-6-2-3-7-11-8-4-5-9-12-11/h4-5,9,11H,2-3,6-8,10H2,1H3. The minimum absolute atomic E-state index is 0.298. The highest BCUT2D eigenvalue weighted by Crippen LogP contribution is 2.12. The van der Waals surface area contributed by atoms with Gasteiger partial charge in [0.25, 0.3) is 10.1 Å². The van der Waals surface area contributed by atoms with Crippen molar-refractivity contribution in [3.63, 3.8) is 0 Å². The van der Waals surface area contributed by atoms with Gasteiger partial charge >= 0.3 is 0 Å². The normalized spacial score (nSPS) is 20.2. The maximum Gasteiger partial charge on any atom is 0.264 e. The first-order valence-corrected chi connectivity index (χ1v) is 7.42. The molecule has 1 unspecified atom stereocenters. The highest BCUT2D eigenvalue weighted by Gasteiger charge is 2.06. The predicted molar refractivity (Wildman–Crippen MR) is 65.3 cm³/mol. The van der Waals surface area contributed by atoms with Crippen LogP contribution in [0.5, 0.6) is 0 Å². The SMILES string of the molecule is CS(=O)(=O)OCCCCCC1CC=CC=N1. The molecule has 0 aromatic rings. The molecule has 0 fully saturated rings. The predicted octanol–water partition coefficient (Wildman–Crippen LogP) is 1.92. The Hall–Kier alpha value is -0.680. The number of nitrogens with zero attached hydrogens (tertiary/aromatic N) is 1. The van der Waals surface area contributed by atoms with Crippen molar-refractivity contribution < 1.29 is 12.6 Å². The van der Waals surface area contributed by atoms with Crippen molar-refractivity contribution in [3.8, 4) is 0 Å². The van der Waals surface area contributed by atoms with Gasteiger partial charge in [-0.1, -0.05) is 18.9 Å². The van der Waals surface area contributed by atoms with Gasteiger partial charge < -0.3 is 0 Å². The molecular weight excluding hydrogens is 226 g/mol. The monoisotopic (exact) mass is 245 g/mol. The van der Waals surface area contributed by atoms with Crippen LogP contribution in [0.2, 0.25) is 0 Å². The maximum absolute atomic E-state index is 10.7. The Labute approximate surface area is 97.5 Å². The zero-order chi connectivity index (χ0) is 11.9. The third-order valence-corrected chi connectivity index (χ3v) is 3.00. The van der Waals surface area contributed by atoms with Gasteiger partial charge in [0.1, 0.15) is 0 Å². The number of rotatable bonds is 7. The van der Waals surface area contributed by atoms with E-state index >= 15 is 0 Å². The molecule has 0 saturated heterocycles. The first-order chi connectivity index (χ1) is 7.58. The van der Waals surface area contributed by atoms with Crippen molar-refractivity contribution in [1.29, 1.82) is 0 Å². The summed E-state index contributed by atoms with van der Waals surface area (Å²) in [5.41, 5.74) is 0. The summed E-state index contributed by atoms with van der Waals surface area (Å²) < 4.78 is 26.0. The first kappa shape index (κ1) is 13.4. The van der Waals surface area contributed by atoms with Gasteiger partial charge in [-0.05, 0) is 25.3 Å². The lowest BCUT2D eigenvalue weighted by Gasteiger charge is -2.11. The lowest BCUT2D eigenvalue weighted by atomic mass is 10.0. The largest absolute Gasteiger partial charge is 0.290 e. The molecule has 1 heterocycles. The summed E-state index contributed by atoms with van der Waals surface area (Å²) >= 11 is 0. The quantitative estimate of drug-likeness (QED) is 0.508. The van der Waals surface area contributed by atoms with Gasteiger partial charge in [-0.3, -0.25) is 9.18 Å². The number of allylic oxidation sites excluding steroid dienone is 1. The second kappa shape index (κ2) is 6.81. The lowest BCUT2D eigenvalue weighted by Crippen LogP contribution is -2.07. The number of hydrogen-bond acceptors (Lipinski definition) is 4. The number of unbranched alkanes of at least 4 members (excludes halogenated alkanes) is 2. The molecule has 4 nitrogen and oxygen atoms in total. The van der Waals surface area contributed by atoms with E-state index in [9.17, 15) is 8.42 Å². The van der Waals surface area contributed by atoms with Crippen LogP contribution in [-0.2, 0) is 14.3 Å². The molecular formula is C11H19NO3S. The summed E-state index contributed by atoms with van der Waals surface area (Å²) in [4.78, 5) is 4.35. The third-order valence-electron chi connectivity index (χ3n) is 2.41. The van der Waals surface area contributed by atoms with Crippen LogP contribution in [0.3, 0.4) is 0 Å². The minimum atomic E-state index is -3.26. The lowest BCUT2D eigenvalue weighted by molar-refractivity contribution is 0.309. The Bertz CT molecular complexity index is 346. The Balaban J connectivity index is 1.96. The first-order valence-electron chi connectivity index (χ1n) is 5.60. The second-order valence-corrected chi connectivity index (χ2v) is 5.64. The molecule has 0 aromatic carbocycles. The fourth-order valence-corrected chi connectivity index (χ4v) is 2.01. The zero-order valence-electron chi connectivity index (χ0n) is 9.63. The average Bonchev–Trinajstić information content (AvgIpc) is 2.23. The Morgan fingerprint density at radius 3 is 2.81 bits per heavy atom. The van der Waals surface area contributed by atoms with E-state index in [-0.39, 0.29) is 0 Å². The third kappa shape index (κ3) is 6.74. The van der Waals surface area contributed by atoms with Crippen LogP contribution >= 0.6 is 0 Å². The fraction of sp³-hybridized carbons (Fsp3) is 0.727. The van der Waals surface area contributed by atoms with Gasteiger partial charge in [-0.15, -0.1) is 0 Å². The summed E-state index contributed by atoms with van der Waals surface area (Å²) in [6, 6.07) is 0.417. The highest BCUT2D eigenvalue weighted by molar-refractivity contribution is 7.85. The molecule has 0 saturated carbocycles. The molecule has 1 aliphatic rings. The minimum Gasteiger partial charge on any atom is -0.290 e. The second-order valence-electron chi connectivity index (χ2n) is 3.99. The molecule has 1 rings (SSSR count). The summed E-state index contributed by atoms with van der Waals surface area (Å²) in [6.45, 7) is 0.298.